The Morgan fingerprint density at radius 3 is 2.25 bits per heavy atom. The molecule has 0 atom stereocenters. The van der Waals surface area contributed by atoms with Gasteiger partial charge in [0.25, 0.3) is 0 Å². The van der Waals surface area contributed by atoms with E-state index in [2.05, 4.69) is 4.98 Å². The van der Waals surface area contributed by atoms with Crippen LogP contribution in [0, 0.1) is 5.82 Å². The van der Waals surface area contributed by atoms with Crippen LogP contribution < -0.4 is 0 Å². The number of halogens is 5. The Balaban J connectivity index is 3.31. The summed E-state index contributed by atoms with van der Waals surface area (Å²) in [6.45, 7) is 0. The molecule has 0 N–H and O–H groups in total. The van der Waals surface area contributed by atoms with Crippen molar-refractivity contribution >= 4 is 11.6 Å². The summed E-state index contributed by atoms with van der Waals surface area (Å²) in [7, 11) is 0. The molecule has 6 heteroatoms. The molecule has 0 aliphatic carbocycles. The highest BCUT2D eigenvalue weighted by Crippen LogP contribution is 2.34. The topological polar surface area (TPSA) is 12.9 Å². The molecule has 0 bridgehead atoms. The minimum Gasteiger partial charge on any atom is -0.244 e. The van der Waals surface area contributed by atoms with Crippen LogP contribution in [0.2, 0.25) is 5.15 Å². The van der Waals surface area contributed by atoms with Gasteiger partial charge in [-0.2, -0.15) is 13.2 Å². The van der Waals surface area contributed by atoms with Crippen LogP contribution in [-0.2, 0) is 6.18 Å². The van der Waals surface area contributed by atoms with Crippen molar-refractivity contribution in [2.24, 2.45) is 0 Å². The molecule has 0 aromatic carbocycles. The third-order valence-corrected chi connectivity index (χ3v) is 1.42. The number of aromatic nitrogens is 1. The van der Waals surface area contributed by atoms with Crippen LogP contribution in [0.5, 0.6) is 0 Å². The Morgan fingerprint density at radius 1 is 1.33 bits per heavy atom. The van der Waals surface area contributed by atoms with E-state index in [0.717, 1.165) is 6.20 Å². The molecule has 0 aliphatic rings. The van der Waals surface area contributed by atoms with Crippen LogP contribution >= 0.6 is 11.6 Å². The first-order valence-electron chi connectivity index (χ1n) is 2.80. The van der Waals surface area contributed by atoms with Gasteiger partial charge in [0.2, 0.25) is 0 Å². The fourth-order valence-corrected chi connectivity index (χ4v) is 0.921. The second kappa shape index (κ2) is 2.90. The van der Waals surface area contributed by atoms with E-state index < -0.39 is 22.7 Å². The molecular formula is C6H2ClF4N. The molecule has 1 aromatic rings. The second-order valence-electron chi connectivity index (χ2n) is 1.96. The quantitative estimate of drug-likeness (QED) is 0.463. The fraction of sp³-hybridized carbons (Fsp3) is 0.167. The number of rotatable bonds is 0. The third kappa shape index (κ3) is 1.66. The Bertz CT molecular complexity index is 276. The molecule has 0 unspecified atom stereocenters. The van der Waals surface area contributed by atoms with E-state index in [0.29, 0.717) is 6.07 Å². The summed E-state index contributed by atoms with van der Waals surface area (Å²) in [5.74, 6) is -1.41. The predicted molar refractivity (Wildman–Crippen MR) is 34.2 cm³/mol. The van der Waals surface area contributed by atoms with Crippen molar-refractivity contribution in [1.82, 2.24) is 4.98 Å². The highest BCUT2D eigenvalue weighted by Gasteiger charge is 2.37. The molecule has 0 aliphatic heterocycles. The predicted octanol–water partition coefficient (Wildman–Crippen LogP) is 2.89. The lowest BCUT2D eigenvalue weighted by molar-refractivity contribution is -0.140. The maximum atomic E-state index is 12.5. The van der Waals surface area contributed by atoms with Crippen molar-refractivity contribution in [1.29, 1.82) is 0 Å². The van der Waals surface area contributed by atoms with Gasteiger partial charge in [-0.3, -0.25) is 0 Å². The molecule has 0 radical (unpaired) electrons. The van der Waals surface area contributed by atoms with Gasteiger partial charge in [-0.1, -0.05) is 11.6 Å². The lowest BCUT2D eigenvalue weighted by Crippen LogP contribution is -2.09. The summed E-state index contributed by atoms with van der Waals surface area (Å²) in [6.07, 6.45) is -3.93. The zero-order chi connectivity index (χ0) is 9.35. The third-order valence-electron chi connectivity index (χ3n) is 1.14. The Labute approximate surface area is 70.0 Å². The van der Waals surface area contributed by atoms with E-state index in [-0.39, 0.29) is 0 Å². The molecule has 1 aromatic heterocycles. The average Bonchev–Trinajstić information content (AvgIpc) is 1.82. The zero-order valence-corrected chi connectivity index (χ0v) is 6.25. The molecule has 1 rings (SSSR count). The summed E-state index contributed by atoms with van der Waals surface area (Å²) in [4.78, 5) is 3.11. The monoisotopic (exact) mass is 199 g/mol. The Kier molecular flexibility index (Phi) is 2.23. The summed E-state index contributed by atoms with van der Waals surface area (Å²) < 4.78 is 48.3. The maximum absolute atomic E-state index is 12.5. The van der Waals surface area contributed by atoms with Crippen LogP contribution in [0.3, 0.4) is 0 Å². The largest absolute Gasteiger partial charge is 0.422 e. The van der Waals surface area contributed by atoms with Gasteiger partial charge in [-0.05, 0) is 6.07 Å². The van der Waals surface area contributed by atoms with E-state index in [4.69, 9.17) is 11.6 Å². The van der Waals surface area contributed by atoms with Gasteiger partial charge in [0.1, 0.15) is 16.5 Å². The fourth-order valence-electron chi connectivity index (χ4n) is 0.667. The number of pyridine rings is 1. The van der Waals surface area contributed by atoms with Crippen LogP contribution in [0.15, 0.2) is 12.3 Å². The summed E-state index contributed by atoms with van der Waals surface area (Å²) in [5, 5.41) is -0.873. The van der Waals surface area contributed by atoms with Gasteiger partial charge in [0.05, 0.1) is 0 Å². The SMILES string of the molecule is Fc1ccnc(Cl)c1C(F)(F)F. The first-order valence-corrected chi connectivity index (χ1v) is 3.18. The van der Waals surface area contributed by atoms with Crippen molar-refractivity contribution in [3.63, 3.8) is 0 Å². The van der Waals surface area contributed by atoms with Crippen LogP contribution in [0.4, 0.5) is 17.6 Å². The van der Waals surface area contributed by atoms with Crippen molar-refractivity contribution in [2.45, 2.75) is 6.18 Å². The molecule has 1 heterocycles. The first kappa shape index (κ1) is 9.25. The van der Waals surface area contributed by atoms with E-state index in [1.165, 1.54) is 0 Å². The molecule has 0 saturated heterocycles. The van der Waals surface area contributed by atoms with Gasteiger partial charge >= 0.3 is 6.18 Å². The van der Waals surface area contributed by atoms with E-state index in [9.17, 15) is 17.6 Å². The summed E-state index contributed by atoms with van der Waals surface area (Å²) >= 11 is 5.04. The lowest BCUT2D eigenvalue weighted by Gasteiger charge is -2.07. The lowest BCUT2D eigenvalue weighted by atomic mass is 10.2. The molecule has 0 saturated carbocycles. The number of nitrogens with zero attached hydrogens (tertiary/aromatic N) is 1. The normalized spacial score (nSPS) is 11.8. The molecule has 12 heavy (non-hydrogen) atoms. The van der Waals surface area contributed by atoms with Crippen LogP contribution in [-0.4, -0.2) is 4.98 Å². The zero-order valence-electron chi connectivity index (χ0n) is 5.49. The Hall–Kier alpha value is -0.840. The summed E-state index contributed by atoms with van der Waals surface area (Å²) in [6, 6.07) is 0.606. The van der Waals surface area contributed by atoms with Gasteiger partial charge in [0.15, 0.2) is 0 Å². The molecule has 66 valence electrons. The first-order chi connectivity index (χ1) is 5.43. The number of hydrogen-bond acceptors (Lipinski definition) is 1. The maximum Gasteiger partial charge on any atom is 0.422 e. The highest BCUT2D eigenvalue weighted by atomic mass is 35.5. The molecule has 0 spiro atoms. The van der Waals surface area contributed by atoms with Gasteiger partial charge < -0.3 is 0 Å². The number of hydrogen-bond donors (Lipinski definition) is 0. The van der Waals surface area contributed by atoms with Gasteiger partial charge in [0, 0.05) is 6.20 Å². The summed E-state index contributed by atoms with van der Waals surface area (Å²) in [5.41, 5.74) is -1.52. The standard InChI is InChI=1S/C6H2ClF4N/c7-5-4(6(9,10)11)3(8)1-2-12-5/h1-2H. The highest BCUT2D eigenvalue weighted by molar-refractivity contribution is 6.30. The van der Waals surface area contributed by atoms with Crippen LogP contribution in [0.1, 0.15) is 5.56 Å². The van der Waals surface area contributed by atoms with Gasteiger partial charge in [-0.25, -0.2) is 9.37 Å². The molecule has 0 fully saturated rings. The Morgan fingerprint density at radius 2 is 1.92 bits per heavy atom. The van der Waals surface area contributed by atoms with Crippen molar-refractivity contribution in [3.8, 4) is 0 Å². The van der Waals surface area contributed by atoms with E-state index >= 15 is 0 Å². The van der Waals surface area contributed by atoms with Crippen molar-refractivity contribution in [3.05, 3.63) is 28.8 Å². The minimum absolute atomic E-state index is 0.606. The van der Waals surface area contributed by atoms with E-state index in [1.54, 1.807) is 0 Å². The molecular weight excluding hydrogens is 198 g/mol. The minimum atomic E-state index is -4.80. The second-order valence-corrected chi connectivity index (χ2v) is 2.31. The van der Waals surface area contributed by atoms with Crippen molar-refractivity contribution in [2.75, 3.05) is 0 Å². The van der Waals surface area contributed by atoms with Gasteiger partial charge in [-0.15, -0.1) is 0 Å². The average molecular weight is 200 g/mol. The molecule has 0 amide bonds. The molecule has 1 nitrogen and oxygen atoms in total. The van der Waals surface area contributed by atoms with Crippen LogP contribution in [0.25, 0.3) is 0 Å². The van der Waals surface area contributed by atoms with E-state index in [1.807, 2.05) is 0 Å². The smallest absolute Gasteiger partial charge is 0.244 e. The van der Waals surface area contributed by atoms with Crippen molar-refractivity contribution < 1.29 is 17.6 Å². The number of alkyl halides is 3.